The largest absolute Gasteiger partial charge is 0.496 e. The number of hydrogen-bond acceptors (Lipinski definition) is 4. The standard InChI is InChI=1S/C14H23NO3/c1-5-6-7-11(15)10-8-13(17-3)14(18-4)9-12(10)16-2/h8-9,11H,5-7,15H2,1-4H3/t11-/m0/s1. The van der Waals surface area contributed by atoms with Gasteiger partial charge in [0.25, 0.3) is 0 Å². The molecule has 0 aliphatic heterocycles. The Hall–Kier alpha value is -1.42. The van der Waals surface area contributed by atoms with E-state index in [1.807, 2.05) is 12.1 Å². The van der Waals surface area contributed by atoms with Gasteiger partial charge in [-0.25, -0.2) is 0 Å². The Kier molecular flexibility index (Phi) is 5.78. The molecular formula is C14H23NO3. The molecule has 0 saturated heterocycles. The third kappa shape index (κ3) is 3.29. The fraction of sp³-hybridized carbons (Fsp3) is 0.571. The lowest BCUT2D eigenvalue weighted by Crippen LogP contribution is -2.12. The second-order valence-corrected chi connectivity index (χ2v) is 4.20. The molecule has 1 atom stereocenters. The van der Waals surface area contributed by atoms with E-state index >= 15 is 0 Å². The molecule has 0 aliphatic rings. The molecule has 102 valence electrons. The van der Waals surface area contributed by atoms with E-state index in [-0.39, 0.29) is 6.04 Å². The van der Waals surface area contributed by atoms with Gasteiger partial charge in [0.15, 0.2) is 11.5 Å². The van der Waals surface area contributed by atoms with Crippen molar-refractivity contribution in [3.05, 3.63) is 17.7 Å². The van der Waals surface area contributed by atoms with E-state index in [0.717, 1.165) is 30.6 Å². The second-order valence-electron chi connectivity index (χ2n) is 4.20. The minimum Gasteiger partial charge on any atom is -0.496 e. The summed E-state index contributed by atoms with van der Waals surface area (Å²) < 4.78 is 15.9. The maximum absolute atomic E-state index is 6.20. The van der Waals surface area contributed by atoms with Crippen LogP contribution in [0.3, 0.4) is 0 Å². The van der Waals surface area contributed by atoms with Crippen LogP contribution in [0.25, 0.3) is 0 Å². The Balaban J connectivity index is 3.08. The lowest BCUT2D eigenvalue weighted by molar-refractivity contribution is 0.346. The first-order chi connectivity index (χ1) is 8.67. The molecular weight excluding hydrogens is 230 g/mol. The Morgan fingerprint density at radius 2 is 1.56 bits per heavy atom. The van der Waals surface area contributed by atoms with Crippen molar-refractivity contribution in [1.82, 2.24) is 0 Å². The first-order valence-electron chi connectivity index (χ1n) is 6.23. The first-order valence-corrected chi connectivity index (χ1v) is 6.23. The topological polar surface area (TPSA) is 53.7 Å². The quantitative estimate of drug-likeness (QED) is 0.811. The zero-order valence-electron chi connectivity index (χ0n) is 11.7. The molecule has 0 saturated carbocycles. The Morgan fingerprint density at radius 1 is 1.00 bits per heavy atom. The van der Waals surface area contributed by atoms with Crippen molar-refractivity contribution in [3.63, 3.8) is 0 Å². The van der Waals surface area contributed by atoms with Gasteiger partial charge in [0.2, 0.25) is 0 Å². The monoisotopic (exact) mass is 253 g/mol. The smallest absolute Gasteiger partial charge is 0.164 e. The summed E-state index contributed by atoms with van der Waals surface area (Å²) in [7, 11) is 4.86. The highest BCUT2D eigenvalue weighted by atomic mass is 16.5. The predicted octanol–water partition coefficient (Wildman–Crippen LogP) is 2.90. The maximum Gasteiger partial charge on any atom is 0.164 e. The van der Waals surface area contributed by atoms with Crippen LogP contribution in [0.2, 0.25) is 0 Å². The zero-order chi connectivity index (χ0) is 13.5. The Labute approximate surface area is 109 Å². The summed E-state index contributed by atoms with van der Waals surface area (Å²) in [6, 6.07) is 3.68. The van der Waals surface area contributed by atoms with E-state index in [4.69, 9.17) is 19.9 Å². The number of benzene rings is 1. The summed E-state index contributed by atoms with van der Waals surface area (Å²) in [6.07, 6.45) is 3.16. The molecule has 0 unspecified atom stereocenters. The van der Waals surface area contributed by atoms with Gasteiger partial charge in [-0.05, 0) is 12.5 Å². The van der Waals surface area contributed by atoms with Crippen molar-refractivity contribution in [2.45, 2.75) is 32.2 Å². The molecule has 4 nitrogen and oxygen atoms in total. The van der Waals surface area contributed by atoms with Crippen LogP contribution in [0.4, 0.5) is 0 Å². The molecule has 0 aliphatic carbocycles. The molecule has 1 aromatic rings. The fourth-order valence-electron chi connectivity index (χ4n) is 1.92. The van der Waals surface area contributed by atoms with Crippen LogP contribution >= 0.6 is 0 Å². The van der Waals surface area contributed by atoms with Gasteiger partial charge < -0.3 is 19.9 Å². The van der Waals surface area contributed by atoms with Crippen LogP contribution in [0.15, 0.2) is 12.1 Å². The molecule has 0 aromatic heterocycles. The van der Waals surface area contributed by atoms with Crippen LogP contribution in [-0.2, 0) is 0 Å². The summed E-state index contributed by atoms with van der Waals surface area (Å²) in [5, 5.41) is 0. The molecule has 0 amide bonds. The molecule has 1 rings (SSSR count). The average molecular weight is 253 g/mol. The number of nitrogens with two attached hydrogens (primary N) is 1. The van der Waals surface area contributed by atoms with Crippen molar-refractivity contribution >= 4 is 0 Å². The van der Waals surface area contributed by atoms with E-state index in [9.17, 15) is 0 Å². The Morgan fingerprint density at radius 3 is 2.06 bits per heavy atom. The summed E-state index contributed by atoms with van der Waals surface area (Å²) >= 11 is 0. The molecule has 0 radical (unpaired) electrons. The van der Waals surface area contributed by atoms with Crippen molar-refractivity contribution in [3.8, 4) is 17.2 Å². The van der Waals surface area contributed by atoms with E-state index in [1.165, 1.54) is 0 Å². The molecule has 4 heteroatoms. The van der Waals surface area contributed by atoms with Gasteiger partial charge in [-0.1, -0.05) is 19.8 Å². The Bertz CT molecular complexity index is 380. The van der Waals surface area contributed by atoms with Gasteiger partial charge in [0.05, 0.1) is 21.3 Å². The fourth-order valence-corrected chi connectivity index (χ4v) is 1.92. The van der Waals surface area contributed by atoms with Crippen molar-refractivity contribution in [1.29, 1.82) is 0 Å². The van der Waals surface area contributed by atoms with E-state index in [1.54, 1.807) is 21.3 Å². The normalized spacial score (nSPS) is 12.1. The predicted molar refractivity (Wildman–Crippen MR) is 72.6 cm³/mol. The number of hydrogen-bond donors (Lipinski definition) is 1. The van der Waals surface area contributed by atoms with Crippen LogP contribution in [0.1, 0.15) is 37.8 Å². The minimum atomic E-state index is -0.0419. The maximum atomic E-state index is 6.20. The molecule has 0 bridgehead atoms. The molecule has 0 spiro atoms. The lowest BCUT2D eigenvalue weighted by atomic mass is 10.0. The van der Waals surface area contributed by atoms with Gasteiger partial charge in [0.1, 0.15) is 5.75 Å². The second kappa shape index (κ2) is 7.11. The van der Waals surface area contributed by atoms with Gasteiger partial charge in [0, 0.05) is 17.7 Å². The average Bonchev–Trinajstić information content (AvgIpc) is 2.42. The first kappa shape index (κ1) is 14.6. The summed E-state index contributed by atoms with van der Waals surface area (Å²) in [4.78, 5) is 0. The van der Waals surface area contributed by atoms with Crippen LogP contribution in [-0.4, -0.2) is 21.3 Å². The van der Waals surface area contributed by atoms with Gasteiger partial charge in [-0.2, -0.15) is 0 Å². The summed E-state index contributed by atoms with van der Waals surface area (Å²) in [5.41, 5.74) is 7.16. The van der Waals surface area contributed by atoms with Crippen molar-refractivity contribution in [2.75, 3.05) is 21.3 Å². The lowest BCUT2D eigenvalue weighted by Gasteiger charge is -2.18. The number of rotatable bonds is 7. The van der Waals surface area contributed by atoms with Gasteiger partial charge >= 0.3 is 0 Å². The van der Waals surface area contributed by atoms with Crippen molar-refractivity contribution < 1.29 is 14.2 Å². The van der Waals surface area contributed by atoms with Gasteiger partial charge in [-0.3, -0.25) is 0 Å². The number of ether oxygens (including phenoxy) is 3. The number of methoxy groups -OCH3 is 3. The van der Waals surface area contributed by atoms with Crippen molar-refractivity contribution in [2.24, 2.45) is 5.73 Å². The van der Waals surface area contributed by atoms with E-state index in [2.05, 4.69) is 6.92 Å². The SMILES string of the molecule is CCCC[C@H](N)c1cc(OC)c(OC)cc1OC. The highest BCUT2D eigenvalue weighted by Gasteiger charge is 2.16. The van der Waals surface area contributed by atoms with Crippen LogP contribution in [0.5, 0.6) is 17.2 Å². The third-order valence-corrected chi connectivity index (χ3v) is 3.00. The summed E-state index contributed by atoms with van der Waals surface area (Å²) in [5.74, 6) is 2.08. The molecule has 2 N–H and O–H groups in total. The highest BCUT2D eigenvalue weighted by molar-refractivity contribution is 5.51. The number of unbranched alkanes of at least 4 members (excludes halogenated alkanes) is 1. The third-order valence-electron chi connectivity index (χ3n) is 3.00. The van der Waals surface area contributed by atoms with Crippen LogP contribution < -0.4 is 19.9 Å². The highest BCUT2D eigenvalue weighted by Crippen LogP contribution is 2.37. The minimum absolute atomic E-state index is 0.0419. The van der Waals surface area contributed by atoms with E-state index < -0.39 is 0 Å². The van der Waals surface area contributed by atoms with Gasteiger partial charge in [-0.15, -0.1) is 0 Å². The summed E-state index contributed by atoms with van der Waals surface area (Å²) in [6.45, 7) is 2.15. The van der Waals surface area contributed by atoms with Crippen LogP contribution in [0, 0.1) is 0 Å². The molecule has 18 heavy (non-hydrogen) atoms. The molecule has 1 aromatic carbocycles. The molecule has 0 heterocycles. The van der Waals surface area contributed by atoms with E-state index in [0.29, 0.717) is 11.5 Å². The molecule has 0 fully saturated rings. The zero-order valence-corrected chi connectivity index (χ0v) is 11.7.